The van der Waals surface area contributed by atoms with Crippen molar-refractivity contribution in [3.05, 3.63) is 30.9 Å². The molecular weight excluding hydrogens is 178 g/mol. The van der Waals surface area contributed by atoms with E-state index in [9.17, 15) is 4.79 Å². The molecule has 1 aliphatic heterocycles. The van der Waals surface area contributed by atoms with E-state index in [4.69, 9.17) is 0 Å². The maximum atomic E-state index is 11.1. The molecule has 0 radical (unpaired) electrons. The summed E-state index contributed by atoms with van der Waals surface area (Å²) in [6, 6.07) is 0.227. The first-order valence-electron chi connectivity index (χ1n) is 4.71. The Balaban J connectivity index is 2.00. The van der Waals surface area contributed by atoms with Gasteiger partial charge in [0, 0.05) is 30.9 Å². The van der Waals surface area contributed by atoms with Crippen molar-refractivity contribution in [2.24, 2.45) is 0 Å². The van der Waals surface area contributed by atoms with Gasteiger partial charge >= 0.3 is 0 Å². The number of hydrogen-bond acceptors (Lipinski definition) is 2. The van der Waals surface area contributed by atoms with Crippen LogP contribution in [-0.4, -0.2) is 21.5 Å². The van der Waals surface area contributed by atoms with E-state index < -0.39 is 0 Å². The first kappa shape index (κ1) is 8.99. The number of aryl methyl sites for hydroxylation is 1. The summed E-state index contributed by atoms with van der Waals surface area (Å²) in [5.41, 5.74) is 1.19. The van der Waals surface area contributed by atoms with Crippen LogP contribution in [0.2, 0.25) is 0 Å². The van der Waals surface area contributed by atoms with Gasteiger partial charge in [-0.15, -0.1) is 0 Å². The molecule has 1 N–H and O–H groups in total. The van der Waals surface area contributed by atoms with Crippen LogP contribution in [0.4, 0.5) is 0 Å². The van der Waals surface area contributed by atoms with Crippen LogP contribution in [0, 0.1) is 0 Å². The van der Waals surface area contributed by atoms with E-state index in [0.29, 0.717) is 0 Å². The van der Waals surface area contributed by atoms with Crippen LogP contribution in [-0.2, 0) is 17.8 Å². The normalized spacial score (nSPS) is 19.9. The highest BCUT2D eigenvalue weighted by molar-refractivity contribution is 5.87. The maximum Gasteiger partial charge on any atom is 0.243 e. The molecule has 4 heteroatoms. The molecule has 14 heavy (non-hydrogen) atoms. The number of aromatic nitrogens is 2. The Labute approximate surface area is 82.6 Å². The Morgan fingerprint density at radius 3 is 3.43 bits per heavy atom. The Morgan fingerprint density at radius 2 is 2.64 bits per heavy atom. The van der Waals surface area contributed by atoms with E-state index in [1.54, 1.807) is 0 Å². The Kier molecular flexibility index (Phi) is 2.35. The molecule has 0 bridgehead atoms. The molecular formula is C10H13N3O. The van der Waals surface area contributed by atoms with Gasteiger partial charge in [0.1, 0.15) is 0 Å². The molecule has 1 unspecified atom stereocenters. The molecule has 0 aliphatic carbocycles. The van der Waals surface area contributed by atoms with Gasteiger partial charge in [0.15, 0.2) is 0 Å². The van der Waals surface area contributed by atoms with Crippen LogP contribution in [0.15, 0.2) is 25.2 Å². The third-order valence-electron chi connectivity index (χ3n) is 2.50. The molecule has 1 amide bonds. The second-order valence-corrected chi connectivity index (χ2v) is 3.48. The Hall–Kier alpha value is -1.58. The average Bonchev–Trinajstić information content (AvgIpc) is 2.64. The van der Waals surface area contributed by atoms with Crippen molar-refractivity contribution in [1.29, 1.82) is 0 Å². The molecule has 1 atom stereocenters. The lowest BCUT2D eigenvalue weighted by Gasteiger charge is -2.24. The van der Waals surface area contributed by atoms with E-state index in [0.717, 1.165) is 19.4 Å². The largest absolute Gasteiger partial charge is 0.349 e. The van der Waals surface area contributed by atoms with E-state index in [2.05, 4.69) is 21.4 Å². The summed E-state index contributed by atoms with van der Waals surface area (Å²) < 4.78 is 2.12. The second-order valence-electron chi connectivity index (χ2n) is 3.48. The lowest BCUT2D eigenvalue weighted by atomic mass is 10.0. The van der Waals surface area contributed by atoms with Crippen molar-refractivity contribution in [3.8, 4) is 0 Å². The van der Waals surface area contributed by atoms with Crippen LogP contribution in [0.5, 0.6) is 0 Å². The van der Waals surface area contributed by atoms with Gasteiger partial charge in [-0.1, -0.05) is 6.58 Å². The lowest BCUT2D eigenvalue weighted by Crippen LogP contribution is -2.39. The topological polar surface area (TPSA) is 46.9 Å². The van der Waals surface area contributed by atoms with Gasteiger partial charge in [0.05, 0.1) is 6.33 Å². The number of rotatable bonds is 2. The third-order valence-corrected chi connectivity index (χ3v) is 2.50. The third kappa shape index (κ3) is 1.69. The predicted octanol–water partition coefficient (Wildman–Crippen LogP) is 0.500. The summed E-state index contributed by atoms with van der Waals surface area (Å²) in [6.07, 6.45) is 6.82. The lowest BCUT2D eigenvalue weighted by molar-refractivity contribution is -0.117. The van der Waals surface area contributed by atoms with Gasteiger partial charge in [-0.2, -0.15) is 0 Å². The minimum Gasteiger partial charge on any atom is -0.349 e. The van der Waals surface area contributed by atoms with Gasteiger partial charge in [-0.05, 0) is 12.5 Å². The molecule has 1 aromatic heterocycles. The van der Waals surface area contributed by atoms with Gasteiger partial charge in [-0.25, -0.2) is 4.98 Å². The highest BCUT2D eigenvalue weighted by atomic mass is 16.1. The van der Waals surface area contributed by atoms with Crippen LogP contribution >= 0.6 is 0 Å². The van der Waals surface area contributed by atoms with Crippen molar-refractivity contribution in [1.82, 2.24) is 14.9 Å². The van der Waals surface area contributed by atoms with Crippen molar-refractivity contribution in [2.45, 2.75) is 25.4 Å². The highest BCUT2D eigenvalue weighted by Crippen LogP contribution is 2.13. The molecule has 74 valence electrons. The fourth-order valence-electron chi connectivity index (χ4n) is 1.75. The first-order chi connectivity index (χ1) is 6.79. The monoisotopic (exact) mass is 191 g/mol. The summed E-state index contributed by atoms with van der Waals surface area (Å²) in [6.45, 7) is 4.36. The molecule has 2 rings (SSSR count). The molecule has 0 saturated heterocycles. The number of carbonyl (C=O) groups is 1. The van der Waals surface area contributed by atoms with Crippen molar-refractivity contribution >= 4 is 5.91 Å². The molecule has 0 aromatic carbocycles. The van der Waals surface area contributed by atoms with Crippen molar-refractivity contribution in [2.75, 3.05) is 0 Å². The Bertz CT molecular complexity index is 356. The predicted molar refractivity (Wildman–Crippen MR) is 52.7 cm³/mol. The Morgan fingerprint density at radius 1 is 1.79 bits per heavy atom. The molecule has 1 aromatic rings. The summed E-state index contributed by atoms with van der Waals surface area (Å²) in [5.74, 6) is -0.0945. The molecule has 1 aliphatic rings. The van der Waals surface area contributed by atoms with Gasteiger partial charge in [0.2, 0.25) is 5.91 Å². The molecule has 0 fully saturated rings. The van der Waals surface area contributed by atoms with Crippen LogP contribution < -0.4 is 5.32 Å². The standard InChI is InChI=1S/C10H13N3O/c1-2-10(14)12-8-3-4-13-7-11-6-9(13)5-8/h2,6-8H,1,3-5H2,(H,12,14). The van der Waals surface area contributed by atoms with Gasteiger partial charge < -0.3 is 9.88 Å². The SMILES string of the molecule is C=CC(=O)NC1CCn2cncc2C1. The van der Waals surface area contributed by atoms with E-state index in [-0.39, 0.29) is 11.9 Å². The summed E-state index contributed by atoms with van der Waals surface area (Å²) >= 11 is 0. The zero-order valence-electron chi connectivity index (χ0n) is 7.94. The van der Waals surface area contributed by atoms with Crippen molar-refractivity contribution in [3.63, 3.8) is 0 Å². The number of carbonyl (C=O) groups excluding carboxylic acids is 1. The minimum absolute atomic E-state index is 0.0945. The average molecular weight is 191 g/mol. The highest BCUT2D eigenvalue weighted by Gasteiger charge is 2.18. The smallest absolute Gasteiger partial charge is 0.243 e. The fourth-order valence-corrected chi connectivity index (χ4v) is 1.75. The van der Waals surface area contributed by atoms with Gasteiger partial charge in [-0.3, -0.25) is 4.79 Å². The number of hydrogen-bond donors (Lipinski definition) is 1. The maximum absolute atomic E-state index is 11.1. The summed E-state index contributed by atoms with van der Waals surface area (Å²) in [5, 5.41) is 2.90. The zero-order valence-corrected chi connectivity index (χ0v) is 7.94. The zero-order chi connectivity index (χ0) is 9.97. The number of nitrogens with zero attached hydrogens (tertiary/aromatic N) is 2. The number of amides is 1. The van der Waals surface area contributed by atoms with E-state index in [1.807, 2.05) is 12.5 Å². The van der Waals surface area contributed by atoms with E-state index >= 15 is 0 Å². The van der Waals surface area contributed by atoms with Crippen LogP contribution in [0.25, 0.3) is 0 Å². The van der Waals surface area contributed by atoms with Crippen molar-refractivity contribution < 1.29 is 4.79 Å². The van der Waals surface area contributed by atoms with Crippen LogP contribution in [0.3, 0.4) is 0 Å². The van der Waals surface area contributed by atoms with Crippen LogP contribution in [0.1, 0.15) is 12.1 Å². The first-order valence-corrected chi connectivity index (χ1v) is 4.71. The fraction of sp³-hybridized carbons (Fsp3) is 0.400. The quantitative estimate of drug-likeness (QED) is 0.692. The summed E-state index contributed by atoms with van der Waals surface area (Å²) in [7, 11) is 0. The minimum atomic E-state index is -0.0945. The summed E-state index contributed by atoms with van der Waals surface area (Å²) in [4.78, 5) is 15.1. The van der Waals surface area contributed by atoms with Gasteiger partial charge in [0.25, 0.3) is 0 Å². The molecule has 4 nitrogen and oxygen atoms in total. The molecule has 0 saturated carbocycles. The number of fused-ring (bicyclic) bond motifs is 1. The molecule has 0 spiro atoms. The molecule has 2 heterocycles. The second kappa shape index (κ2) is 3.65. The number of imidazole rings is 1. The number of nitrogens with one attached hydrogen (secondary N) is 1. The van der Waals surface area contributed by atoms with E-state index in [1.165, 1.54) is 11.8 Å².